The van der Waals surface area contributed by atoms with Gasteiger partial charge >= 0.3 is 0 Å². The van der Waals surface area contributed by atoms with E-state index in [1.165, 1.54) is 0 Å². The monoisotopic (exact) mass is 302 g/mol. The topological polar surface area (TPSA) is 29.3 Å². The molecule has 0 aliphatic carbocycles. The Labute approximate surface area is 126 Å². The molecular weight excluding hydrogens is 279 g/mol. The molecule has 0 spiro atoms. The molecule has 4 heteroatoms. The van der Waals surface area contributed by atoms with E-state index in [2.05, 4.69) is 25.7 Å². The van der Waals surface area contributed by atoms with Crippen LogP contribution in [0.1, 0.15) is 32.8 Å². The number of hydrogen-bond acceptors (Lipinski definition) is 2. The van der Waals surface area contributed by atoms with Crippen LogP contribution in [-0.2, 0) is 6.54 Å². The lowest BCUT2D eigenvalue weighted by molar-refractivity contribution is 0.176. The lowest BCUT2D eigenvalue weighted by Gasteiger charge is -2.32. The van der Waals surface area contributed by atoms with Crippen LogP contribution in [0.4, 0.5) is 0 Å². The Kier molecular flexibility index (Phi) is 6.61. The molecule has 0 heterocycles. The zero-order valence-corrected chi connectivity index (χ0v) is 13.6. The van der Waals surface area contributed by atoms with Crippen LogP contribution in [-0.4, -0.2) is 24.5 Å². The van der Waals surface area contributed by atoms with E-state index in [-0.39, 0.29) is 5.41 Å². The molecule has 0 saturated carbocycles. The molecule has 0 radical (unpaired) electrons. The first-order valence-electron chi connectivity index (χ1n) is 6.75. The molecule has 0 amide bonds. The van der Waals surface area contributed by atoms with Crippen LogP contribution in [0.5, 0.6) is 0 Å². The Morgan fingerprint density at radius 1 is 1.26 bits per heavy atom. The maximum absolute atomic E-state index is 6.26. The van der Waals surface area contributed by atoms with Crippen LogP contribution in [0.2, 0.25) is 10.0 Å². The molecule has 108 valence electrons. The van der Waals surface area contributed by atoms with Gasteiger partial charge in [0.15, 0.2) is 0 Å². The van der Waals surface area contributed by atoms with Gasteiger partial charge in [-0.2, -0.15) is 0 Å². The van der Waals surface area contributed by atoms with Crippen LogP contribution in [0, 0.1) is 5.41 Å². The van der Waals surface area contributed by atoms with Crippen molar-refractivity contribution in [3.63, 3.8) is 0 Å². The van der Waals surface area contributed by atoms with Gasteiger partial charge in [-0.1, -0.05) is 56.1 Å². The summed E-state index contributed by atoms with van der Waals surface area (Å²) in [6, 6.07) is 5.80. The highest BCUT2D eigenvalue weighted by molar-refractivity contribution is 6.42. The third-order valence-electron chi connectivity index (χ3n) is 3.17. The van der Waals surface area contributed by atoms with Crippen molar-refractivity contribution >= 4 is 23.2 Å². The first kappa shape index (κ1) is 16.8. The summed E-state index contributed by atoms with van der Waals surface area (Å²) >= 11 is 12.3. The van der Waals surface area contributed by atoms with Crippen molar-refractivity contribution in [3.8, 4) is 0 Å². The van der Waals surface area contributed by atoms with Crippen molar-refractivity contribution in [2.24, 2.45) is 11.1 Å². The van der Waals surface area contributed by atoms with Crippen molar-refractivity contribution in [2.45, 2.75) is 33.7 Å². The second kappa shape index (κ2) is 7.49. The Bertz CT molecular complexity index is 405. The van der Waals surface area contributed by atoms with Gasteiger partial charge in [-0.25, -0.2) is 0 Å². The van der Waals surface area contributed by atoms with Gasteiger partial charge in [0, 0.05) is 13.1 Å². The first-order valence-corrected chi connectivity index (χ1v) is 7.50. The molecular formula is C15H24Cl2N2. The summed E-state index contributed by atoms with van der Waals surface area (Å²) in [6.07, 6.45) is 1.11. The van der Waals surface area contributed by atoms with Crippen LogP contribution in [0.25, 0.3) is 0 Å². The minimum atomic E-state index is 0.111. The molecule has 0 aliphatic rings. The molecule has 0 fully saturated rings. The average molecular weight is 303 g/mol. The van der Waals surface area contributed by atoms with Gasteiger partial charge in [-0.05, 0) is 36.6 Å². The van der Waals surface area contributed by atoms with Gasteiger partial charge in [0.2, 0.25) is 0 Å². The molecule has 2 N–H and O–H groups in total. The van der Waals surface area contributed by atoms with Gasteiger partial charge in [0.25, 0.3) is 0 Å². The van der Waals surface area contributed by atoms with Crippen molar-refractivity contribution < 1.29 is 0 Å². The van der Waals surface area contributed by atoms with E-state index < -0.39 is 0 Å². The van der Waals surface area contributed by atoms with E-state index in [9.17, 15) is 0 Å². The third-order valence-corrected chi connectivity index (χ3v) is 4.03. The number of nitrogens with zero attached hydrogens (tertiary/aromatic N) is 1. The largest absolute Gasteiger partial charge is 0.330 e. The predicted octanol–water partition coefficient (Wildman–Crippen LogP) is 4.19. The summed E-state index contributed by atoms with van der Waals surface area (Å²) in [6.45, 7) is 10.0. The van der Waals surface area contributed by atoms with E-state index in [0.717, 1.165) is 31.6 Å². The minimum Gasteiger partial charge on any atom is -0.330 e. The average Bonchev–Trinajstić information content (AvgIpc) is 2.35. The Morgan fingerprint density at radius 2 is 1.95 bits per heavy atom. The Hall–Kier alpha value is -0.280. The summed E-state index contributed by atoms with van der Waals surface area (Å²) in [5, 5.41) is 1.28. The molecule has 1 rings (SSSR count). The molecule has 0 atom stereocenters. The van der Waals surface area contributed by atoms with Gasteiger partial charge < -0.3 is 5.73 Å². The highest BCUT2D eigenvalue weighted by Gasteiger charge is 2.20. The minimum absolute atomic E-state index is 0.111. The quantitative estimate of drug-likeness (QED) is 0.818. The SMILES string of the molecule is CCCN(Cc1cccc(Cl)c1Cl)CC(C)(C)CN. The summed E-state index contributed by atoms with van der Waals surface area (Å²) in [4.78, 5) is 2.39. The van der Waals surface area contributed by atoms with Gasteiger partial charge in [0.05, 0.1) is 10.0 Å². The molecule has 0 bridgehead atoms. The molecule has 0 unspecified atom stereocenters. The van der Waals surface area contributed by atoms with E-state index in [4.69, 9.17) is 28.9 Å². The van der Waals surface area contributed by atoms with Crippen LogP contribution in [0.3, 0.4) is 0 Å². The molecule has 1 aromatic rings. The lowest BCUT2D eigenvalue weighted by Crippen LogP contribution is -2.38. The normalized spacial score (nSPS) is 12.2. The van der Waals surface area contributed by atoms with Crippen molar-refractivity contribution in [1.82, 2.24) is 4.90 Å². The fourth-order valence-electron chi connectivity index (χ4n) is 2.11. The highest BCUT2D eigenvalue weighted by atomic mass is 35.5. The molecule has 1 aromatic carbocycles. The number of rotatable bonds is 7. The fourth-order valence-corrected chi connectivity index (χ4v) is 2.49. The summed E-state index contributed by atoms with van der Waals surface area (Å²) in [7, 11) is 0. The van der Waals surface area contributed by atoms with Crippen molar-refractivity contribution in [1.29, 1.82) is 0 Å². The Morgan fingerprint density at radius 3 is 2.53 bits per heavy atom. The fraction of sp³-hybridized carbons (Fsp3) is 0.600. The maximum Gasteiger partial charge on any atom is 0.0637 e. The summed E-state index contributed by atoms with van der Waals surface area (Å²) in [5.41, 5.74) is 7.01. The highest BCUT2D eigenvalue weighted by Crippen LogP contribution is 2.27. The summed E-state index contributed by atoms with van der Waals surface area (Å²) in [5.74, 6) is 0. The number of hydrogen-bond donors (Lipinski definition) is 1. The molecule has 0 saturated heterocycles. The molecule has 0 aromatic heterocycles. The van der Waals surface area contributed by atoms with Gasteiger partial charge in [-0.3, -0.25) is 4.90 Å². The van der Waals surface area contributed by atoms with E-state index >= 15 is 0 Å². The predicted molar refractivity (Wildman–Crippen MR) is 84.9 cm³/mol. The van der Waals surface area contributed by atoms with E-state index in [0.29, 0.717) is 16.6 Å². The molecule has 0 aliphatic heterocycles. The number of halogens is 2. The standard InChI is InChI=1S/C15H24Cl2N2/c1-4-8-19(11-15(2,3)10-18)9-12-6-5-7-13(16)14(12)17/h5-7H,4,8-11,18H2,1-3H3. The van der Waals surface area contributed by atoms with Gasteiger partial charge in [-0.15, -0.1) is 0 Å². The second-order valence-corrected chi connectivity index (χ2v) is 6.58. The molecule has 19 heavy (non-hydrogen) atoms. The van der Waals surface area contributed by atoms with Crippen molar-refractivity contribution in [3.05, 3.63) is 33.8 Å². The van der Waals surface area contributed by atoms with Crippen LogP contribution < -0.4 is 5.73 Å². The van der Waals surface area contributed by atoms with E-state index in [1.807, 2.05) is 18.2 Å². The van der Waals surface area contributed by atoms with Crippen LogP contribution >= 0.6 is 23.2 Å². The maximum atomic E-state index is 6.26. The van der Waals surface area contributed by atoms with E-state index in [1.54, 1.807) is 0 Å². The lowest BCUT2D eigenvalue weighted by atomic mass is 9.93. The number of nitrogens with two attached hydrogens (primary N) is 1. The zero-order chi connectivity index (χ0) is 14.5. The number of benzene rings is 1. The molecule has 2 nitrogen and oxygen atoms in total. The Balaban J connectivity index is 2.81. The first-order chi connectivity index (χ1) is 8.89. The van der Waals surface area contributed by atoms with Gasteiger partial charge in [0.1, 0.15) is 0 Å². The van der Waals surface area contributed by atoms with Crippen molar-refractivity contribution in [2.75, 3.05) is 19.6 Å². The second-order valence-electron chi connectivity index (χ2n) is 5.79. The van der Waals surface area contributed by atoms with Crippen LogP contribution in [0.15, 0.2) is 18.2 Å². The smallest absolute Gasteiger partial charge is 0.0637 e. The summed E-state index contributed by atoms with van der Waals surface area (Å²) < 4.78 is 0. The zero-order valence-electron chi connectivity index (χ0n) is 12.0. The third kappa shape index (κ3) is 5.31.